The first-order valence-corrected chi connectivity index (χ1v) is 7.18. The Morgan fingerprint density at radius 1 is 1.26 bits per heavy atom. The van der Waals surface area contributed by atoms with Crippen LogP contribution in [-0.4, -0.2) is 12.1 Å². The minimum Gasteiger partial charge on any atom is -0.366 e. The highest BCUT2D eigenvalue weighted by Gasteiger charge is 2.38. The lowest BCUT2D eigenvalue weighted by Gasteiger charge is -2.49. The van der Waals surface area contributed by atoms with Crippen LogP contribution in [0, 0.1) is 31.1 Å². The summed E-state index contributed by atoms with van der Waals surface area (Å²) in [4.78, 5) is 2.50. The average Bonchev–Trinajstić information content (AvgIpc) is 2.30. The largest absolute Gasteiger partial charge is 0.366 e. The van der Waals surface area contributed by atoms with Gasteiger partial charge in [-0.05, 0) is 69.7 Å². The van der Waals surface area contributed by atoms with Gasteiger partial charge in [-0.3, -0.25) is 0 Å². The molecular weight excluding hydrogens is 232 g/mol. The summed E-state index contributed by atoms with van der Waals surface area (Å²) in [5, 5.41) is 9.03. The smallest absolute Gasteiger partial charge is 0.0625 e. The molecule has 0 aliphatic carbocycles. The summed E-state index contributed by atoms with van der Waals surface area (Å²) < 4.78 is 0. The maximum Gasteiger partial charge on any atom is 0.0625 e. The zero-order valence-electron chi connectivity index (χ0n) is 12.5. The van der Waals surface area contributed by atoms with E-state index in [-0.39, 0.29) is 5.54 Å². The van der Waals surface area contributed by atoms with Gasteiger partial charge in [0.05, 0.1) is 6.07 Å². The van der Waals surface area contributed by atoms with E-state index in [1.165, 1.54) is 29.7 Å². The molecule has 1 fully saturated rings. The lowest BCUT2D eigenvalue weighted by molar-refractivity contribution is 0.242. The number of anilines is 1. The molecule has 1 aromatic rings. The van der Waals surface area contributed by atoms with Crippen molar-refractivity contribution < 1.29 is 0 Å². The van der Waals surface area contributed by atoms with Gasteiger partial charge < -0.3 is 4.90 Å². The minimum absolute atomic E-state index is 0.0637. The zero-order valence-corrected chi connectivity index (χ0v) is 12.5. The summed E-state index contributed by atoms with van der Waals surface area (Å²) >= 11 is 0. The summed E-state index contributed by atoms with van der Waals surface area (Å²) in [7, 11) is 0. The molecule has 1 aromatic carbocycles. The van der Waals surface area contributed by atoms with Gasteiger partial charge in [0.2, 0.25) is 0 Å². The minimum atomic E-state index is 0.0637. The first-order valence-electron chi connectivity index (χ1n) is 7.18. The molecule has 0 saturated carbocycles. The number of piperidine rings is 1. The Morgan fingerprint density at radius 3 is 2.47 bits per heavy atom. The monoisotopic (exact) mass is 256 g/mol. The molecule has 1 heterocycles. The van der Waals surface area contributed by atoms with Crippen LogP contribution in [0.25, 0.3) is 0 Å². The van der Waals surface area contributed by atoms with E-state index in [1.54, 1.807) is 0 Å². The van der Waals surface area contributed by atoms with E-state index in [2.05, 4.69) is 56.9 Å². The second-order valence-corrected chi connectivity index (χ2v) is 6.35. The van der Waals surface area contributed by atoms with Crippen LogP contribution in [0.4, 0.5) is 5.69 Å². The Kier molecular flexibility index (Phi) is 3.85. The molecule has 2 rings (SSSR count). The third-order valence-electron chi connectivity index (χ3n) is 4.48. The van der Waals surface area contributed by atoms with Crippen molar-refractivity contribution in [3.63, 3.8) is 0 Å². The quantitative estimate of drug-likeness (QED) is 0.792. The van der Waals surface area contributed by atoms with Gasteiger partial charge in [-0.15, -0.1) is 0 Å². The molecule has 0 amide bonds. The van der Waals surface area contributed by atoms with Crippen molar-refractivity contribution in [3.8, 4) is 6.07 Å². The molecule has 1 aliphatic rings. The van der Waals surface area contributed by atoms with Crippen molar-refractivity contribution >= 4 is 5.69 Å². The summed E-state index contributed by atoms with van der Waals surface area (Å²) in [6.45, 7) is 9.97. The fourth-order valence-corrected chi connectivity index (χ4v) is 3.39. The molecule has 19 heavy (non-hydrogen) atoms. The number of hydrogen-bond donors (Lipinski definition) is 0. The van der Waals surface area contributed by atoms with Crippen LogP contribution in [-0.2, 0) is 0 Å². The van der Waals surface area contributed by atoms with Crippen LogP contribution in [0.15, 0.2) is 18.2 Å². The SMILES string of the molecule is Cc1cc(C)cc(N2CCCC(CC#N)C2(C)C)c1. The van der Waals surface area contributed by atoms with Crippen LogP contribution in [0.1, 0.15) is 44.2 Å². The Balaban J connectivity index is 2.35. The number of nitriles is 1. The molecule has 102 valence electrons. The normalized spacial score (nSPS) is 22.1. The Labute approximate surface area is 117 Å². The van der Waals surface area contributed by atoms with Gasteiger partial charge in [0.25, 0.3) is 0 Å². The summed E-state index contributed by atoms with van der Waals surface area (Å²) in [5.74, 6) is 0.465. The molecule has 1 atom stereocenters. The highest BCUT2D eigenvalue weighted by Crippen LogP contribution is 2.38. The van der Waals surface area contributed by atoms with E-state index in [0.717, 1.165) is 6.54 Å². The lowest BCUT2D eigenvalue weighted by atomic mass is 9.77. The van der Waals surface area contributed by atoms with Gasteiger partial charge >= 0.3 is 0 Å². The van der Waals surface area contributed by atoms with E-state index >= 15 is 0 Å². The molecular formula is C17H24N2. The van der Waals surface area contributed by atoms with E-state index in [1.807, 2.05) is 0 Å². The number of hydrogen-bond acceptors (Lipinski definition) is 2. The standard InChI is InChI=1S/C17H24N2/c1-13-10-14(2)12-16(11-13)19-9-5-6-15(7-8-18)17(19,3)4/h10-12,15H,5-7,9H2,1-4H3. The predicted octanol–water partition coefficient (Wildman–Crippen LogP) is 4.21. The van der Waals surface area contributed by atoms with Crippen molar-refractivity contribution in [2.24, 2.45) is 5.92 Å². The highest BCUT2D eigenvalue weighted by molar-refractivity contribution is 5.53. The topological polar surface area (TPSA) is 27.0 Å². The third-order valence-corrected chi connectivity index (χ3v) is 4.48. The molecule has 1 unspecified atom stereocenters. The summed E-state index contributed by atoms with van der Waals surface area (Å²) in [6.07, 6.45) is 3.01. The molecule has 1 saturated heterocycles. The fraction of sp³-hybridized carbons (Fsp3) is 0.588. The number of rotatable bonds is 2. The maximum absolute atomic E-state index is 9.03. The Bertz CT molecular complexity index is 476. The summed E-state index contributed by atoms with van der Waals surface area (Å²) in [5.41, 5.74) is 4.00. The average molecular weight is 256 g/mol. The molecule has 2 nitrogen and oxygen atoms in total. The van der Waals surface area contributed by atoms with Gasteiger partial charge in [0, 0.05) is 24.2 Å². The molecule has 0 aromatic heterocycles. The fourth-order valence-electron chi connectivity index (χ4n) is 3.39. The van der Waals surface area contributed by atoms with Crippen LogP contribution in [0.5, 0.6) is 0 Å². The molecule has 0 radical (unpaired) electrons. The van der Waals surface area contributed by atoms with Gasteiger partial charge in [0.15, 0.2) is 0 Å². The first kappa shape index (κ1) is 13.9. The molecule has 2 heteroatoms. The third kappa shape index (κ3) is 2.76. The molecule has 1 aliphatic heterocycles. The van der Waals surface area contributed by atoms with Crippen LogP contribution in [0.3, 0.4) is 0 Å². The van der Waals surface area contributed by atoms with Crippen molar-refractivity contribution in [1.29, 1.82) is 5.26 Å². The number of aryl methyl sites for hydroxylation is 2. The second-order valence-electron chi connectivity index (χ2n) is 6.35. The first-order chi connectivity index (χ1) is 8.95. The second kappa shape index (κ2) is 5.25. The maximum atomic E-state index is 9.03. The van der Waals surface area contributed by atoms with Crippen molar-refractivity contribution in [2.75, 3.05) is 11.4 Å². The van der Waals surface area contributed by atoms with Crippen LogP contribution >= 0.6 is 0 Å². The predicted molar refractivity (Wildman–Crippen MR) is 80.3 cm³/mol. The van der Waals surface area contributed by atoms with Gasteiger partial charge in [0.1, 0.15) is 0 Å². The van der Waals surface area contributed by atoms with Gasteiger partial charge in [-0.25, -0.2) is 0 Å². The van der Waals surface area contributed by atoms with E-state index in [9.17, 15) is 0 Å². The van der Waals surface area contributed by atoms with Crippen molar-refractivity contribution in [1.82, 2.24) is 0 Å². The number of nitrogens with zero attached hydrogens (tertiary/aromatic N) is 2. The Hall–Kier alpha value is -1.49. The molecule has 0 N–H and O–H groups in total. The highest BCUT2D eigenvalue weighted by atomic mass is 15.2. The van der Waals surface area contributed by atoms with Crippen molar-refractivity contribution in [3.05, 3.63) is 29.3 Å². The van der Waals surface area contributed by atoms with Gasteiger partial charge in [-0.2, -0.15) is 5.26 Å². The van der Waals surface area contributed by atoms with E-state index in [0.29, 0.717) is 12.3 Å². The van der Waals surface area contributed by atoms with E-state index < -0.39 is 0 Å². The van der Waals surface area contributed by atoms with Crippen LogP contribution in [0.2, 0.25) is 0 Å². The van der Waals surface area contributed by atoms with Crippen molar-refractivity contribution in [2.45, 2.75) is 52.5 Å². The Morgan fingerprint density at radius 2 is 1.89 bits per heavy atom. The molecule has 0 bridgehead atoms. The van der Waals surface area contributed by atoms with Crippen LogP contribution < -0.4 is 4.90 Å². The van der Waals surface area contributed by atoms with E-state index in [4.69, 9.17) is 5.26 Å². The molecule has 0 spiro atoms. The summed E-state index contributed by atoms with van der Waals surface area (Å²) in [6, 6.07) is 9.11. The zero-order chi connectivity index (χ0) is 14.0. The lowest BCUT2D eigenvalue weighted by Crippen LogP contribution is -2.53. The number of benzene rings is 1. The van der Waals surface area contributed by atoms with Gasteiger partial charge in [-0.1, -0.05) is 6.07 Å².